The van der Waals surface area contributed by atoms with Crippen molar-refractivity contribution < 1.29 is 18.3 Å². The van der Waals surface area contributed by atoms with E-state index in [1.54, 1.807) is 0 Å². The van der Waals surface area contributed by atoms with Gasteiger partial charge < -0.3 is 14.0 Å². The number of ether oxygens (including phenoxy) is 2. The molecule has 156 valence electrons. The molecule has 0 unspecified atom stereocenters. The Morgan fingerprint density at radius 1 is 1.10 bits per heavy atom. The fraction of sp³-hybridized carbons (Fsp3) is 0.333. The van der Waals surface area contributed by atoms with Gasteiger partial charge in [-0.25, -0.2) is 8.78 Å². The Bertz CT molecular complexity index is 1020. The molecule has 3 rings (SSSR count). The van der Waals surface area contributed by atoms with Crippen LogP contribution in [0.3, 0.4) is 0 Å². The Balaban J connectivity index is 1.87. The van der Waals surface area contributed by atoms with Crippen LogP contribution in [0.5, 0.6) is 11.5 Å². The summed E-state index contributed by atoms with van der Waals surface area (Å²) < 4.78 is 42.2. The van der Waals surface area contributed by atoms with Gasteiger partial charge in [0.25, 0.3) is 0 Å². The minimum atomic E-state index is -1.15. The zero-order valence-electron chi connectivity index (χ0n) is 16.9. The summed E-state index contributed by atoms with van der Waals surface area (Å²) in [6, 6.07) is 8.73. The minimum absolute atomic E-state index is 0.140. The second-order valence-corrected chi connectivity index (χ2v) is 15.3. The molecule has 0 aliphatic carbocycles. The van der Waals surface area contributed by atoms with Crippen molar-refractivity contribution in [2.24, 2.45) is 0 Å². The van der Waals surface area contributed by atoms with Crippen LogP contribution >= 0.6 is 27.7 Å². The first-order chi connectivity index (χ1) is 13.7. The van der Waals surface area contributed by atoms with E-state index in [9.17, 15) is 8.78 Å². The molecule has 2 aromatic carbocycles. The van der Waals surface area contributed by atoms with Crippen molar-refractivity contribution in [2.75, 3.05) is 12.9 Å². The normalized spacial score (nSPS) is 12.0. The first kappa shape index (κ1) is 22.3. The molecular formula is C21H24BrF2NO2SSi. The van der Waals surface area contributed by atoms with Crippen LogP contribution in [0.1, 0.15) is 0 Å². The third kappa shape index (κ3) is 5.42. The van der Waals surface area contributed by atoms with Crippen LogP contribution in [0.4, 0.5) is 8.78 Å². The molecule has 0 aliphatic heterocycles. The van der Waals surface area contributed by atoms with Gasteiger partial charge in [0.15, 0.2) is 11.6 Å². The molecule has 0 radical (unpaired) electrons. The van der Waals surface area contributed by atoms with Gasteiger partial charge >= 0.3 is 0 Å². The molecule has 0 saturated carbocycles. The highest BCUT2D eigenvalue weighted by molar-refractivity contribution is 9.10. The molecular weight excluding hydrogens is 476 g/mol. The summed E-state index contributed by atoms with van der Waals surface area (Å²) in [6.45, 7) is 8.01. The number of hydrogen-bond donors (Lipinski definition) is 0. The van der Waals surface area contributed by atoms with Gasteiger partial charge in [-0.2, -0.15) is 0 Å². The number of nitrogens with zero attached hydrogens (tertiary/aromatic N) is 1. The number of halogens is 3. The van der Waals surface area contributed by atoms with Crippen molar-refractivity contribution in [3.8, 4) is 11.5 Å². The molecule has 0 N–H and O–H groups in total. The second kappa shape index (κ2) is 9.20. The van der Waals surface area contributed by atoms with Crippen LogP contribution in [0.2, 0.25) is 25.7 Å². The van der Waals surface area contributed by atoms with E-state index in [-0.39, 0.29) is 10.2 Å². The molecule has 0 bridgehead atoms. The highest BCUT2D eigenvalue weighted by atomic mass is 79.9. The van der Waals surface area contributed by atoms with Crippen molar-refractivity contribution in [3.05, 3.63) is 52.6 Å². The largest absolute Gasteiger partial charge is 0.453 e. The fourth-order valence-electron chi connectivity index (χ4n) is 2.86. The summed E-state index contributed by atoms with van der Waals surface area (Å²) in [7, 11) is -1.15. The lowest BCUT2D eigenvalue weighted by Gasteiger charge is -2.16. The average Bonchev–Trinajstić information content (AvgIpc) is 3.04. The first-order valence-electron chi connectivity index (χ1n) is 9.25. The van der Waals surface area contributed by atoms with Crippen molar-refractivity contribution in [3.63, 3.8) is 0 Å². The van der Waals surface area contributed by atoms with Crippen molar-refractivity contribution in [2.45, 2.75) is 37.3 Å². The number of benzene rings is 2. The van der Waals surface area contributed by atoms with Gasteiger partial charge in [-0.1, -0.05) is 19.6 Å². The van der Waals surface area contributed by atoms with Gasteiger partial charge in [0.1, 0.15) is 18.3 Å². The third-order valence-corrected chi connectivity index (χ3v) is 7.60. The van der Waals surface area contributed by atoms with Gasteiger partial charge in [0, 0.05) is 32.3 Å². The predicted octanol–water partition coefficient (Wildman–Crippen LogP) is 7.51. The van der Waals surface area contributed by atoms with E-state index < -0.39 is 19.7 Å². The number of fused-ring (bicyclic) bond motifs is 1. The van der Waals surface area contributed by atoms with Crippen molar-refractivity contribution >= 4 is 46.7 Å². The molecule has 3 aromatic rings. The second-order valence-electron chi connectivity index (χ2n) is 7.97. The SMILES string of the molecule is CSc1c(Oc2ccc(F)c(Br)c2)c(F)cc2c1ccn2COCC[Si](C)(C)C. The maximum atomic E-state index is 15.0. The molecule has 1 aromatic heterocycles. The Hall–Kier alpha value is -1.35. The smallest absolute Gasteiger partial charge is 0.177 e. The van der Waals surface area contributed by atoms with Gasteiger partial charge in [0.05, 0.1) is 14.9 Å². The molecule has 3 nitrogen and oxygen atoms in total. The lowest BCUT2D eigenvalue weighted by atomic mass is 10.2. The lowest BCUT2D eigenvalue weighted by Crippen LogP contribution is -2.21. The topological polar surface area (TPSA) is 23.4 Å². The lowest BCUT2D eigenvalue weighted by molar-refractivity contribution is 0.0902. The molecule has 29 heavy (non-hydrogen) atoms. The Labute approximate surface area is 183 Å². The quantitative estimate of drug-likeness (QED) is 0.182. The van der Waals surface area contributed by atoms with Crippen molar-refractivity contribution in [1.29, 1.82) is 0 Å². The van der Waals surface area contributed by atoms with Gasteiger partial charge in [0.2, 0.25) is 0 Å². The summed E-state index contributed by atoms with van der Waals surface area (Å²) in [5, 5.41) is 0.892. The first-order valence-corrected chi connectivity index (χ1v) is 15.0. The summed E-state index contributed by atoms with van der Waals surface area (Å²) in [6.07, 6.45) is 3.78. The highest BCUT2D eigenvalue weighted by Crippen LogP contribution is 2.41. The van der Waals surface area contributed by atoms with Gasteiger partial charge in [-0.15, -0.1) is 11.8 Å². The number of rotatable bonds is 8. The van der Waals surface area contributed by atoms with E-state index in [1.807, 2.05) is 23.1 Å². The Morgan fingerprint density at radius 2 is 1.86 bits per heavy atom. The van der Waals surface area contributed by atoms with Gasteiger partial charge in [-0.3, -0.25) is 0 Å². The van der Waals surface area contributed by atoms with Crippen LogP contribution in [0, 0.1) is 11.6 Å². The van der Waals surface area contributed by atoms with E-state index in [2.05, 4.69) is 35.6 Å². The van der Waals surface area contributed by atoms with Crippen LogP contribution in [-0.4, -0.2) is 25.5 Å². The molecule has 1 heterocycles. The van der Waals surface area contributed by atoms with Crippen LogP contribution in [-0.2, 0) is 11.5 Å². The Kier molecular flexibility index (Phi) is 7.09. The van der Waals surface area contributed by atoms with Crippen LogP contribution in [0.25, 0.3) is 10.9 Å². The molecule has 8 heteroatoms. The monoisotopic (exact) mass is 499 g/mol. The van der Waals surface area contributed by atoms with Crippen LogP contribution in [0.15, 0.2) is 45.9 Å². The minimum Gasteiger partial charge on any atom is -0.453 e. The van der Waals surface area contributed by atoms with E-state index >= 15 is 0 Å². The molecule has 0 aliphatic rings. The van der Waals surface area contributed by atoms with Crippen molar-refractivity contribution in [1.82, 2.24) is 4.57 Å². The van der Waals surface area contributed by atoms with E-state index in [0.29, 0.717) is 24.0 Å². The molecule has 0 fully saturated rings. The number of thioether (sulfide) groups is 1. The number of aromatic nitrogens is 1. The van der Waals surface area contributed by atoms with E-state index in [0.717, 1.165) is 16.9 Å². The molecule has 0 atom stereocenters. The fourth-order valence-corrected chi connectivity index (χ4v) is 4.70. The molecule has 0 amide bonds. The Morgan fingerprint density at radius 3 is 2.52 bits per heavy atom. The van der Waals surface area contributed by atoms with E-state index in [1.165, 1.54) is 36.0 Å². The highest BCUT2D eigenvalue weighted by Gasteiger charge is 2.19. The average molecular weight is 500 g/mol. The molecule has 0 saturated heterocycles. The van der Waals surface area contributed by atoms with E-state index in [4.69, 9.17) is 9.47 Å². The summed E-state index contributed by atoms with van der Waals surface area (Å²) in [5.41, 5.74) is 0.757. The van der Waals surface area contributed by atoms with Crippen LogP contribution < -0.4 is 4.74 Å². The maximum absolute atomic E-state index is 15.0. The zero-order valence-corrected chi connectivity index (χ0v) is 20.3. The zero-order chi connectivity index (χ0) is 21.2. The maximum Gasteiger partial charge on any atom is 0.177 e. The summed E-state index contributed by atoms with van der Waals surface area (Å²) in [5.74, 6) is -0.365. The third-order valence-electron chi connectivity index (χ3n) is 4.48. The molecule has 0 spiro atoms. The summed E-state index contributed by atoms with van der Waals surface area (Å²) in [4.78, 5) is 0.696. The predicted molar refractivity (Wildman–Crippen MR) is 122 cm³/mol. The summed E-state index contributed by atoms with van der Waals surface area (Å²) >= 11 is 4.54. The van der Waals surface area contributed by atoms with Gasteiger partial charge in [-0.05, 0) is 52.5 Å². The number of hydrogen-bond acceptors (Lipinski definition) is 3. The standard InChI is InChI=1S/C21H24BrF2NO2SSi/c1-28-21-15-7-8-25(13-26-9-10-29(2,3)4)19(15)12-18(24)20(21)27-14-5-6-17(23)16(22)11-14/h5-8,11-12H,9-10,13H2,1-4H3.